The number of aromatic carboxylic acids is 1. The molecule has 0 amide bonds. The van der Waals surface area contributed by atoms with E-state index >= 15 is 0 Å². The van der Waals surface area contributed by atoms with Crippen LogP contribution >= 0.6 is 0 Å². The maximum atomic E-state index is 11.2. The number of para-hydroxylation sites is 1. The van der Waals surface area contributed by atoms with Gasteiger partial charge in [-0.3, -0.25) is 10.1 Å². The fourth-order valence-electron chi connectivity index (χ4n) is 2.32. The maximum absolute atomic E-state index is 11.2. The Labute approximate surface area is 115 Å². The number of ether oxygens (including phenoxy) is 1. The lowest BCUT2D eigenvalue weighted by molar-refractivity contribution is -0.384. The Kier molecular flexibility index (Phi) is 3.63. The molecule has 0 bridgehead atoms. The number of rotatable bonds is 4. The third-order valence-electron chi connectivity index (χ3n) is 3.76. The number of nitrogens with one attached hydrogen (secondary N) is 1. The van der Waals surface area contributed by atoms with E-state index in [0.717, 1.165) is 0 Å². The molecule has 7 heteroatoms. The van der Waals surface area contributed by atoms with E-state index in [2.05, 4.69) is 5.32 Å². The first kappa shape index (κ1) is 14.3. The normalized spacial score (nSPS) is 25.4. The van der Waals surface area contributed by atoms with E-state index in [1.54, 1.807) is 0 Å². The van der Waals surface area contributed by atoms with Gasteiger partial charge in [-0.2, -0.15) is 0 Å². The zero-order valence-electron chi connectivity index (χ0n) is 11.3. The van der Waals surface area contributed by atoms with E-state index in [9.17, 15) is 14.9 Å². The molecule has 2 unspecified atom stereocenters. The second-order valence-corrected chi connectivity index (χ2v) is 5.07. The van der Waals surface area contributed by atoms with Gasteiger partial charge in [-0.15, -0.1) is 0 Å². The summed E-state index contributed by atoms with van der Waals surface area (Å²) in [7, 11) is 0. The molecule has 1 aromatic carbocycles. The lowest BCUT2D eigenvalue weighted by Crippen LogP contribution is -2.41. The van der Waals surface area contributed by atoms with Gasteiger partial charge in [0.2, 0.25) is 0 Å². The molecule has 0 aliphatic carbocycles. The van der Waals surface area contributed by atoms with Crippen molar-refractivity contribution in [1.82, 2.24) is 0 Å². The number of nitro groups is 1. The number of nitrogens with zero attached hydrogens (tertiary/aromatic N) is 1. The van der Waals surface area contributed by atoms with Crippen LogP contribution < -0.4 is 5.32 Å². The van der Waals surface area contributed by atoms with Gasteiger partial charge < -0.3 is 15.2 Å². The highest BCUT2D eigenvalue weighted by atomic mass is 16.6. The topological polar surface area (TPSA) is 102 Å². The third kappa shape index (κ3) is 2.44. The molecular formula is C13H16N2O5. The number of anilines is 1. The first-order valence-corrected chi connectivity index (χ1v) is 6.25. The zero-order valence-corrected chi connectivity index (χ0v) is 11.3. The Morgan fingerprint density at radius 2 is 2.30 bits per heavy atom. The molecule has 1 aliphatic rings. The van der Waals surface area contributed by atoms with Crippen molar-refractivity contribution in [3.63, 3.8) is 0 Å². The molecule has 0 saturated carbocycles. The van der Waals surface area contributed by atoms with Gasteiger partial charge in [0, 0.05) is 6.61 Å². The molecule has 2 N–H and O–H groups in total. The molecule has 0 radical (unpaired) electrons. The van der Waals surface area contributed by atoms with Crippen molar-refractivity contribution >= 4 is 17.3 Å². The minimum Gasteiger partial charge on any atom is -0.477 e. The van der Waals surface area contributed by atoms with Gasteiger partial charge in [-0.25, -0.2) is 4.79 Å². The molecule has 1 aromatic rings. The smallest absolute Gasteiger partial charge is 0.342 e. The summed E-state index contributed by atoms with van der Waals surface area (Å²) in [4.78, 5) is 21.6. The fraction of sp³-hybridized carbons (Fsp3) is 0.462. The maximum Gasteiger partial charge on any atom is 0.342 e. The van der Waals surface area contributed by atoms with E-state index in [-0.39, 0.29) is 17.4 Å². The monoisotopic (exact) mass is 280 g/mol. The van der Waals surface area contributed by atoms with Crippen LogP contribution in [-0.2, 0) is 4.74 Å². The summed E-state index contributed by atoms with van der Waals surface area (Å²) in [6.07, 6.45) is 0.582. The van der Waals surface area contributed by atoms with Crippen LogP contribution in [0.5, 0.6) is 0 Å². The van der Waals surface area contributed by atoms with Crippen molar-refractivity contribution < 1.29 is 19.6 Å². The van der Waals surface area contributed by atoms with Crippen LogP contribution in [0, 0.1) is 10.1 Å². The first-order valence-electron chi connectivity index (χ1n) is 6.25. The summed E-state index contributed by atoms with van der Waals surface area (Å²) in [5.41, 5.74) is -0.993. The molecule has 1 saturated heterocycles. The summed E-state index contributed by atoms with van der Waals surface area (Å²) in [5, 5.41) is 23.3. The Hall–Kier alpha value is -2.15. The number of benzene rings is 1. The minimum absolute atomic E-state index is 0.115. The van der Waals surface area contributed by atoms with Gasteiger partial charge in [0.05, 0.1) is 16.6 Å². The SMILES string of the molecule is CC1OCCC1(C)Nc1cccc(C(=O)O)c1[N+](=O)[O-]. The number of carboxylic acids is 1. The summed E-state index contributed by atoms with van der Waals surface area (Å²) in [6, 6.07) is 4.23. The van der Waals surface area contributed by atoms with E-state index in [0.29, 0.717) is 13.0 Å². The second kappa shape index (κ2) is 5.09. The predicted molar refractivity (Wildman–Crippen MR) is 72.1 cm³/mol. The molecule has 2 atom stereocenters. The van der Waals surface area contributed by atoms with Crippen LogP contribution in [0.2, 0.25) is 0 Å². The van der Waals surface area contributed by atoms with Gasteiger partial charge in [0.25, 0.3) is 0 Å². The lowest BCUT2D eigenvalue weighted by atomic mass is 9.94. The van der Waals surface area contributed by atoms with Crippen LogP contribution in [0.1, 0.15) is 30.6 Å². The summed E-state index contributed by atoms with van der Waals surface area (Å²) >= 11 is 0. The first-order chi connectivity index (χ1) is 9.35. The predicted octanol–water partition coefficient (Wildman–Crippen LogP) is 2.27. The second-order valence-electron chi connectivity index (χ2n) is 5.07. The Bertz CT molecular complexity index is 560. The highest BCUT2D eigenvalue weighted by molar-refractivity contribution is 5.95. The van der Waals surface area contributed by atoms with Crippen LogP contribution in [-0.4, -0.2) is 34.2 Å². The Morgan fingerprint density at radius 1 is 1.60 bits per heavy atom. The van der Waals surface area contributed by atoms with Crippen LogP contribution in [0.25, 0.3) is 0 Å². The van der Waals surface area contributed by atoms with Gasteiger partial charge in [0.15, 0.2) is 0 Å². The number of nitro benzene ring substituents is 1. The van der Waals surface area contributed by atoms with Crippen molar-refractivity contribution in [2.24, 2.45) is 0 Å². The Balaban J connectivity index is 2.44. The molecule has 2 rings (SSSR count). The van der Waals surface area contributed by atoms with Gasteiger partial charge >= 0.3 is 11.7 Å². The molecule has 20 heavy (non-hydrogen) atoms. The van der Waals surface area contributed by atoms with Crippen molar-refractivity contribution in [1.29, 1.82) is 0 Å². The zero-order chi connectivity index (χ0) is 14.9. The molecule has 1 fully saturated rings. The van der Waals surface area contributed by atoms with Crippen molar-refractivity contribution in [3.8, 4) is 0 Å². The molecule has 1 heterocycles. The molecule has 0 spiro atoms. The molecule has 7 nitrogen and oxygen atoms in total. The quantitative estimate of drug-likeness (QED) is 0.648. The average Bonchev–Trinajstić information content (AvgIpc) is 2.68. The number of hydrogen-bond donors (Lipinski definition) is 2. The van der Waals surface area contributed by atoms with Gasteiger partial charge in [0.1, 0.15) is 11.3 Å². The highest BCUT2D eigenvalue weighted by Crippen LogP contribution is 2.35. The number of hydrogen-bond acceptors (Lipinski definition) is 5. The lowest BCUT2D eigenvalue weighted by Gasteiger charge is -2.30. The van der Waals surface area contributed by atoms with E-state index in [1.165, 1.54) is 18.2 Å². The molecule has 1 aliphatic heterocycles. The average molecular weight is 280 g/mol. The third-order valence-corrected chi connectivity index (χ3v) is 3.76. The molecule has 108 valence electrons. The fourth-order valence-corrected chi connectivity index (χ4v) is 2.32. The standard InChI is InChI=1S/C13H16N2O5/c1-8-13(2,6-7-20-8)14-10-5-3-4-9(12(16)17)11(10)15(18)19/h3-5,8,14H,6-7H2,1-2H3,(H,16,17). The van der Waals surface area contributed by atoms with E-state index in [1.807, 2.05) is 13.8 Å². The molecule has 0 aromatic heterocycles. The van der Waals surface area contributed by atoms with Gasteiger partial charge in [-0.05, 0) is 32.4 Å². The van der Waals surface area contributed by atoms with Crippen molar-refractivity contribution in [2.75, 3.05) is 11.9 Å². The highest BCUT2D eigenvalue weighted by Gasteiger charge is 2.39. The van der Waals surface area contributed by atoms with Crippen molar-refractivity contribution in [3.05, 3.63) is 33.9 Å². The summed E-state index contributed by atoms with van der Waals surface area (Å²) in [5.74, 6) is -1.32. The summed E-state index contributed by atoms with van der Waals surface area (Å²) < 4.78 is 5.47. The summed E-state index contributed by atoms with van der Waals surface area (Å²) in [6.45, 7) is 4.35. The Morgan fingerprint density at radius 3 is 2.80 bits per heavy atom. The number of carboxylic acid groups (broad SMARTS) is 1. The van der Waals surface area contributed by atoms with E-state index in [4.69, 9.17) is 9.84 Å². The largest absolute Gasteiger partial charge is 0.477 e. The van der Waals surface area contributed by atoms with Crippen LogP contribution in [0.3, 0.4) is 0 Å². The van der Waals surface area contributed by atoms with Gasteiger partial charge in [-0.1, -0.05) is 6.07 Å². The van der Waals surface area contributed by atoms with Crippen molar-refractivity contribution in [2.45, 2.75) is 31.9 Å². The molecular weight excluding hydrogens is 264 g/mol. The number of carbonyl (C=O) groups is 1. The van der Waals surface area contributed by atoms with E-state index < -0.39 is 22.1 Å². The van der Waals surface area contributed by atoms with Crippen LogP contribution in [0.15, 0.2) is 18.2 Å². The minimum atomic E-state index is -1.32. The van der Waals surface area contributed by atoms with Crippen LogP contribution in [0.4, 0.5) is 11.4 Å².